The first-order valence-corrected chi connectivity index (χ1v) is 8.42. The molecular weight excluding hydrogens is 378 g/mol. The van der Waals surface area contributed by atoms with Gasteiger partial charge in [-0.25, -0.2) is 4.63 Å². The summed E-state index contributed by atoms with van der Waals surface area (Å²) in [6.45, 7) is -0.00709. The molecule has 1 aromatic heterocycles. The van der Waals surface area contributed by atoms with Crippen LogP contribution in [0.5, 0.6) is 0 Å². The van der Waals surface area contributed by atoms with E-state index in [9.17, 15) is 20.2 Å². The normalized spacial score (nSPS) is 10.9. The van der Waals surface area contributed by atoms with E-state index in [0.717, 1.165) is 0 Å². The topological polar surface area (TPSA) is 149 Å². The molecule has 140 valence electrons. The number of anilines is 1. The van der Waals surface area contributed by atoms with Crippen molar-refractivity contribution in [2.24, 2.45) is 0 Å². The number of nitrogens with zero attached hydrogens (tertiary/aromatic N) is 5. The predicted molar refractivity (Wildman–Crippen MR) is 96.0 cm³/mol. The molecule has 0 fully saturated rings. The molecule has 0 saturated carbocycles. The van der Waals surface area contributed by atoms with Crippen LogP contribution in [0.3, 0.4) is 0 Å². The van der Waals surface area contributed by atoms with E-state index < -0.39 is 9.85 Å². The molecule has 0 saturated heterocycles. The van der Waals surface area contributed by atoms with Crippen LogP contribution in [-0.4, -0.2) is 45.5 Å². The number of benzene rings is 2. The Kier molecular flexibility index (Phi) is 5.19. The first-order chi connectivity index (χ1) is 12.9. The van der Waals surface area contributed by atoms with Crippen molar-refractivity contribution in [2.75, 3.05) is 25.1 Å². The number of hydrogen-bond acceptors (Lipinski definition) is 10. The molecule has 27 heavy (non-hydrogen) atoms. The molecule has 3 aromatic rings. The first-order valence-electron chi connectivity index (χ1n) is 7.60. The van der Waals surface area contributed by atoms with Crippen LogP contribution in [0.15, 0.2) is 44.8 Å². The van der Waals surface area contributed by atoms with E-state index in [2.05, 4.69) is 10.3 Å². The number of likely N-dealkylation sites (N-methyl/N-ethyl adjacent to an activating group) is 1. The van der Waals surface area contributed by atoms with Gasteiger partial charge in [-0.15, -0.1) is 0 Å². The van der Waals surface area contributed by atoms with Gasteiger partial charge in [0.1, 0.15) is 5.69 Å². The van der Waals surface area contributed by atoms with Crippen molar-refractivity contribution in [3.8, 4) is 0 Å². The van der Waals surface area contributed by atoms with Gasteiger partial charge in [0, 0.05) is 35.5 Å². The average Bonchev–Trinajstić information content (AvgIpc) is 3.11. The zero-order valence-electron chi connectivity index (χ0n) is 13.9. The Morgan fingerprint density at radius 1 is 1.15 bits per heavy atom. The number of aromatic nitrogens is 2. The molecule has 0 unspecified atom stereocenters. The monoisotopic (exact) mass is 391 g/mol. The summed E-state index contributed by atoms with van der Waals surface area (Å²) in [5.74, 6) is 0. The second kappa shape index (κ2) is 7.55. The number of non-ortho nitro benzene ring substituents is 1. The lowest BCUT2D eigenvalue weighted by molar-refractivity contribution is -0.384. The third-order valence-corrected chi connectivity index (χ3v) is 4.80. The summed E-state index contributed by atoms with van der Waals surface area (Å²) in [5, 5.41) is 38.9. The zero-order chi connectivity index (χ0) is 19.6. The summed E-state index contributed by atoms with van der Waals surface area (Å²) < 4.78 is 4.70. The molecular formula is C15H13N5O6S. The fourth-order valence-electron chi connectivity index (χ4n) is 2.47. The van der Waals surface area contributed by atoms with E-state index in [0.29, 0.717) is 9.79 Å². The maximum Gasteiger partial charge on any atom is 0.323 e. The van der Waals surface area contributed by atoms with Crippen LogP contribution in [-0.2, 0) is 0 Å². The summed E-state index contributed by atoms with van der Waals surface area (Å²) in [7, 11) is 1.61. The average molecular weight is 391 g/mol. The molecule has 0 aliphatic rings. The molecule has 1 heterocycles. The second-order valence-electron chi connectivity index (χ2n) is 5.46. The Labute approximate surface area is 155 Å². The number of rotatable bonds is 7. The van der Waals surface area contributed by atoms with Crippen LogP contribution in [0.2, 0.25) is 0 Å². The Morgan fingerprint density at radius 3 is 2.41 bits per heavy atom. The molecule has 0 aliphatic heterocycles. The number of fused-ring (bicyclic) bond motifs is 1. The standard InChI is InChI=1S/C15H13N5O6S/c1-18(6-7-21)11-8-12(13-14(17-26-16-13)15(11)20(24)25)27-10-4-2-9(3-5-10)19(22)23/h2-5,8,21H,6-7H2,1H3. The van der Waals surface area contributed by atoms with Gasteiger partial charge in [0.2, 0.25) is 5.52 Å². The van der Waals surface area contributed by atoms with Crippen LogP contribution in [0.1, 0.15) is 0 Å². The quantitative estimate of drug-likeness (QED) is 0.470. The van der Waals surface area contributed by atoms with Crippen molar-refractivity contribution in [2.45, 2.75) is 9.79 Å². The molecule has 0 radical (unpaired) electrons. The summed E-state index contributed by atoms with van der Waals surface area (Å²) in [4.78, 5) is 24.0. The minimum Gasteiger partial charge on any atom is -0.395 e. The summed E-state index contributed by atoms with van der Waals surface area (Å²) in [6, 6.07) is 7.43. The minimum atomic E-state index is -0.573. The molecule has 0 amide bonds. The van der Waals surface area contributed by atoms with Gasteiger partial charge in [0.25, 0.3) is 5.69 Å². The van der Waals surface area contributed by atoms with E-state index >= 15 is 0 Å². The van der Waals surface area contributed by atoms with Crippen molar-refractivity contribution < 1.29 is 19.6 Å². The lowest BCUT2D eigenvalue weighted by Crippen LogP contribution is -2.22. The Bertz CT molecular complexity index is 1010. The van der Waals surface area contributed by atoms with Gasteiger partial charge in [-0.1, -0.05) is 11.8 Å². The van der Waals surface area contributed by atoms with E-state index in [1.54, 1.807) is 25.2 Å². The summed E-state index contributed by atoms with van der Waals surface area (Å²) >= 11 is 1.22. The second-order valence-corrected chi connectivity index (χ2v) is 6.57. The SMILES string of the molecule is CN(CCO)c1cc(Sc2ccc([N+](=O)[O-])cc2)c2nonc2c1[N+](=O)[O-]. The summed E-state index contributed by atoms with van der Waals surface area (Å²) in [6.07, 6.45) is 0. The maximum absolute atomic E-state index is 11.5. The lowest BCUT2D eigenvalue weighted by atomic mass is 10.2. The number of aliphatic hydroxyl groups is 1. The highest BCUT2D eigenvalue weighted by atomic mass is 32.2. The van der Waals surface area contributed by atoms with Gasteiger partial charge in [-0.2, -0.15) is 0 Å². The van der Waals surface area contributed by atoms with Gasteiger partial charge in [-0.05, 0) is 28.5 Å². The van der Waals surface area contributed by atoms with Crippen LogP contribution in [0.4, 0.5) is 17.1 Å². The molecule has 0 aliphatic carbocycles. The van der Waals surface area contributed by atoms with E-state index in [-0.39, 0.29) is 41.2 Å². The van der Waals surface area contributed by atoms with E-state index in [4.69, 9.17) is 9.74 Å². The third kappa shape index (κ3) is 3.66. The molecule has 11 nitrogen and oxygen atoms in total. The molecule has 12 heteroatoms. The van der Waals surface area contributed by atoms with Gasteiger partial charge in [0.05, 0.1) is 16.5 Å². The third-order valence-electron chi connectivity index (χ3n) is 3.76. The van der Waals surface area contributed by atoms with Crippen molar-refractivity contribution >= 4 is 39.9 Å². The zero-order valence-corrected chi connectivity index (χ0v) is 14.8. The van der Waals surface area contributed by atoms with E-state index in [1.807, 2.05) is 0 Å². The highest BCUT2D eigenvalue weighted by Gasteiger charge is 2.28. The largest absolute Gasteiger partial charge is 0.395 e. The minimum absolute atomic E-state index is 0.00768. The number of nitro benzene ring substituents is 2. The van der Waals surface area contributed by atoms with Gasteiger partial charge >= 0.3 is 5.69 Å². The van der Waals surface area contributed by atoms with Crippen LogP contribution in [0, 0.1) is 20.2 Å². The molecule has 3 rings (SSSR count). The Balaban J connectivity index is 2.09. The molecule has 1 N–H and O–H groups in total. The van der Waals surface area contributed by atoms with Crippen molar-refractivity contribution in [1.82, 2.24) is 10.3 Å². The van der Waals surface area contributed by atoms with Crippen LogP contribution >= 0.6 is 11.8 Å². The first kappa shape index (κ1) is 18.5. The molecule has 2 aromatic carbocycles. The highest BCUT2D eigenvalue weighted by molar-refractivity contribution is 7.99. The highest BCUT2D eigenvalue weighted by Crippen LogP contribution is 2.42. The van der Waals surface area contributed by atoms with Crippen molar-refractivity contribution in [1.29, 1.82) is 0 Å². The number of hydrogen-bond donors (Lipinski definition) is 1. The summed E-state index contributed by atoms with van der Waals surface area (Å²) in [5.41, 5.74) is 0.148. The van der Waals surface area contributed by atoms with Gasteiger partial charge < -0.3 is 10.0 Å². The predicted octanol–water partition coefficient (Wildman–Crippen LogP) is 2.62. The Morgan fingerprint density at radius 2 is 1.81 bits per heavy atom. The van der Waals surface area contributed by atoms with Crippen molar-refractivity contribution in [3.63, 3.8) is 0 Å². The van der Waals surface area contributed by atoms with Crippen LogP contribution < -0.4 is 4.90 Å². The number of aliphatic hydroxyl groups excluding tert-OH is 1. The van der Waals surface area contributed by atoms with Crippen LogP contribution in [0.25, 0.3) is 11.0 Å². The fraction of sp³-hybridized carbons (Fsp3) is 0.200. The lowest BCUT2D eigenvalue weighted by Gasteiger charge is -2.18. The molecule has 0 atom stereocenters. The maximum atomic E-state index is 11.5. The smallest absolute Gasteiger partial charge is 0.323 e. The van der Waals surface area contributed by atoms with Gasteiger partial charge in [-0.3, -0.25) is 20.2 Å². The van der Waals surface area contributed by atoms with E-state index in [1.165, 1.54) is 28.8 Å². The Hall–Kier alpha value is -3.25. The fourth-order valence-corrected chi connectivity index (χ4v) is 3.40. The van der Waals surface area contributed by atoms with Gasteiger partial charge in [0.15, 0.2) is 5.52 Å². The molecule has 0 bridgehead atoms. The van der Waals surface area contributed by atoms with Crippen molar-refractivity contribution in [3.05, 3.63) is 50.6 Å². The molecule has 0 spiro atoms. The number of nitro groups is 2.